The van der Waals surface area contributed by atoms with Gasteiger partial charge in [-0.15, -0.1) is 0 Å². The molecular weight excluding hydrogens is 238 g/mol. The first-order valence-electron chi connectivity index (χ1n) is 5.14. The van der Waals surface area contributed by atoms with Gasteiger partial charge in [-0.05, 0) is 12.1 Å². The molecule has 6 heteroatoms. The second-order valence-electron chi connectivity index (χ2n) is 3.67. The van der Waals surface area contributed by atoms with Gasteiger partial charge in [0.1, 0.15) is 0 Å². The summed E-state index contributed by atoms with van der Waals surface area (Å²) < 4.78 is 21.6. The fourth-order valence-corrected chi connectivity index (χ4v) is 1.96. The lowest BCUT2D eigenvalue weighted by molar-refractivity contribution is 0.598. The maximum Gasteiger partial charge on any atom is 0.210 e. The predicted molar refractivity (Wildman–Crippen MR) is 68.2 cm³/mol. The summed E-state index contributed by atoms with van der Waals surface area (Å²) >= 11 is 0. The van der Waals surface area contributed by atoms with Crippen molar-refractivity contribution >= 4 is 26.6 Å². The van der Waals surface area contributed by atoms with E-state index in [1.807, 2.05) is 30.3 Å². The summed E-state index contributed by atoms with van der Waals surface area (Å²) in [6.45, 7) is 0.285. The third kappa shape index (κ3) is 3.15. The van der Waals surface area contributed by atoms with Gasteiger partial charge in [0.15, 0.2) is 0 Å². The molecule has 2 rings (SSSR count). The molecule has 0 spiro atoms. The molecule has 0 bridgehead atoms. The van der Waals surface area contributed by atoms with Gasteiger partial charge in [-0.25, -0.2) is 13.6 Å². The molecule has 0 aliphatic carbocycles. The second kappa shape index (κ2) is 4.68. The quantitative estimate of drug-likeness (QED) is 0.846. The zero-order chi connectivity index (χ0) is 12.3. The van der Waals surface area contributed by atoms with Gasteiger partial charge < -0.3 is 5.32 Å². The Morgan fingerprint density at radius 1 is 1.24 bits per heavy atom. The number of sulfonamides is 1. The number of aromatic nitrogens is 1. The van der Waals surface area contributed by atoms with Crippen molar-refractivity contribution in [2.75, 3.05) is 17.6 Å². The monoisotopic (exact) mass is 251 g/mol. The topological polar surface area (TPSA) is 85.1 Å². The minimum atomic E-state index is -3.43. The molecule has 0 amide bonds. The van der Waals surface area contributed by atoms with Crippen molar-refractivity contribution in [2.24, 2.45) is 5.14 Å². The molecule has 0 saturated carbocycles. The molecule has 3 N–H and O–H groups in total. The number of fused-ring (bicyclic) bond motifs is 1. The van der Waals surface area contributed by atoms with E-state index >= 15 is 0 Å². The van der Waals surface area contributed by atoms with Crippen molar-refractivity contribution in [3.63, 3.8) is 0 Å². The third-order valence-electron chi connectivity index (χ3n) is 2.35. The van der Waals surface area contributed by atoms with Gasteiger partial charge in [0.2, 0.25) is 10.0 Å². The lowest BCUT2D eigenvalue weighted by Crippen LogP contribution is -2.22. The highest BCUT2D eigenvalue weighted by Gasteiger charge is 2.04. The first-order valence-corrected chi connectivity index (χ1v) is 6.86. The fourth-order valence-electron chi connectivity index (χ4n) is 1.58. The number of nitrogens with zero attached hydrogens (tertiary/aromatic N) is 1. The van der Waals surface area contributed by atoms with E-state index in [1.54, 1.807) is 6.20 Å². The fraction of sp³-hybridized carbons (Fsp3) is 0.182. The van der Waals surface area contributed by atoms with Crippen molar-refractivity contribution in [1.29, 1.82) is 0 Å². The van der Waals surface area contributed by atoms with E-state index in [0.29, 0.717) is 0 Å². The molecule has 0 saturated heterocycles. The summed E-state index contributed by atoms with van der Waals surface area (Å²) in [4.78, 5) is 4.22. The van der Waals surface area contributed by atoms with Gasteiger partial charge >= 0.3 is 0 Å². The Morgan fingerprint density at radius 3 is 2.76 bits per heavy atom. The summed E-state index contributed by atoms with van der Waals surface area (Å²) in [7, 11) is -3.43. The van der Waals surface area contributed by atoms with Crippen LogP contribution in [0.2, 0.25) is 0 Å². The number of benzene rings is 1. The van der Waals surface area contributed by atoms with Gasteiger partial charge in [-0.3, -0.25) is 4.98 Å². The molecule has 0 fully saturated rings. The minimum Gasteiger partial charge on any atom is -0.383 e. The van der Waals surface area contributed by atoms with Crippen LogP contribution in [0.5, 0.6) is 0 Å². The summed E-state index contributed by atoms with van der Waals surface area (Å²) in [5, 5.41) is 8.94. The number of pyridine rings is 1. The molecule has 0 unspecified atom stereocenters. The summed E-state index contributed by atoms with van der Waals surface area (Å²) in [6.07, 6.45) is 1.68. The van der Waals surface area contributed by atoms with Crippen molar-refractivity contribution in [3.8, 4) is 0 Å². The Morgan fingerprint density at radius 2 is 2.00 bits per heavy atom. The Bertz CT molecular complexity index is 620. The first-order chi connectivity index (χ1) is 8.06. The third-order valence-corrected chi connectivity index (χ3v) is 3.12. The summed E-state index contributed by atoms with van der Waals surface area (Å²) in [5.41, 5.74) is 1.73. The molecule has 1 heterocycles. The Labute approximate surface area is 99.7 Å². The summed E-state index contributed by atoms with van der Waals surface area (Å²) in [6, 6.07) is 9.46. The largest absolute Gasteiger partial charge is 0.383 e. The zero-order valence-corrected chi connectivity index (χ0v) is 9.94. The Kier molecular flexibility index (Phi) is 3.26. The number of primary sulfonamides is 1. The standard InChI is InChI=1S/C11H13N3O2S/c12-17(15,16)8-7-14-11-5-6-13-10-4-2-1-3-9(10)11/h1-6H,7-8H2,(H,13,14)(H2,12,15,16). The van der Waals surface area contributed by atoms with Crippen LogP contribution in [0.1, 0.15) is 0 Å². The van der Waals surface area contributed by atoms with E-state index in [9.17, 15) is 8.42 Å². The zero-order valence-electron chi connectivity index (χ0n) is 9.13. The number of hydrogen-bond acceptors (Lipinski definition) is 4. The van der Waals surface area contributed by atoms with E-state index in [1.165, 1.54) is 0 Å². The molecule has 5 nitrogen and oxygen atoms in total. The number of para-hydroxylation sites is 1. The molecule has 1 aromatic heterocycles. The SMILES string of the molecule is NS(=O)(=O)CCNc1ccnc2ccccc12. The maximum atomic E-state index is 10.8. The average molecular weight is 251 g/mol. The molecule has 0 atom stereocenters. The average Bonchev–Trinajstić information content (AvgIpc) is 2.28. The number of nitrogens with two attached hydrogens (primary N) is 1. The molecule has 90 valence electrons. The molecular formula is C11H13N3O2S. The van der Waals surface area contributed by atoms with Crippen molar-refractivity contribution in [1.82, 2.24) is 4.98 Å². The van der Waals surface area contributed by atoms with E-state index < -0.39 is 10.0 Å². The van der Waals surface area contributed by atoms with Gasteiger partial charge in [-0.2, -0.15) is 0 Å². The van der Waals surface area contributed by atoms with E-state index in [-0.39, 0.29) is 12.3 Å². The molecule has 0 aliphatic rings. The summed E-state index contributed by atoms with van der Waals surface area (Å²) in [5.74, 6) is -0.0936. The van der Waals surface area contributed by atoms with Crippen LogP contribution in [0.4, 0.5) is 5.69 Å². The molecule has 0 radical (unpaired) electrons. The van der Waals surface area contributed by atoms with Crippen molar-refractivity contribution in [3.05, 3.63) is 36.5 Å². The second-order valence-corrected chi connectivity index (χ2v) is 5.40. The number of hydrogen-bond donors (Lipinski definition) is 2. The van der Waals surface area contributed by atoms with Crippen LogP contribution in [-0.2, 0) is 10.0 Å². The normalized spacial score (nSPS) is 11.6. The van der Waals surface area contributed by atoms with E-state index in [2.05, 4.69) is 10.3 Å². The van der Waals surface area contributed by atoms with E-state index in [4.69, 9.17) is 5.14 Å². The molecule has 17 heavy (non-hydrogen) atoms. The van der Waals surface area contributed by atoms with Crippen LogP contribution >= 0.6 is 0 Å². The highest BCUT2D eigenvalue weighted by atomic mass is 32.2. The highest BCUT2D eigenvalue weighted by Crippen LogP contribution is 2.20. The molecule has 2 aromatic rings. The van der Waals surface area contributed by atoms with Gasteiger partial charge in [0.25, 0.3) is 0 Å². The Balaban J connectivity index is 2.19. The lowest BCUT2D eigenvalue weighted by Gasteiger charge is -2.08. The van der Waals surface area contributed by atoms with Crippen LogP contribution in [-0.4, -0.2) is 25.7 Å². The number of nitrogens with one attached hydrogen (secondary N) is 1. The van der Waals surface area contributed by atoms with Gasteiger partial charge in [-0.1, -0.05) is 18.2 Å². The lowest BCUT2D eigenvalue weighted by atomic mass is 10.2. The molecule has 0 aliphatic heterocycles. The highest BCUT2D eigenvalue weighted by molar-refractivity contribution is 7.89. The van der Waals surface area contributed by atoms with Crippen molar-refractivity contribution in [2.45, 2.75) is 0 Å². The van der Waals surface area contributed by atoms with Crippen LogP contribution < -0.4 is 10.5 Å². The first kappa shape index (κ1) is 11.8. The van der Waals surface area contributed by atoms with Crippen LogP contribution in [0, 0.1) is 0 Å². The smallest absolute Gasteiger partial charge is 0.210 e. The van der Waals surface area contributed by atoms with Crippen LogP contribution in [0.25, 0.3) is 10.9 Å². The Hall–Kier alpha value is -1.66. The predicted octanol–water partition coefficient (Wildman–Crippen LogP) is 0.935. The van der Waals surface area contributed by atoms with Crippen molar-refractivity contribution < 1.29 is 8.42 Å². The maximum absolute atomic E-state index is 10.8. The minimum absolute atomic E-state index is 0.0936. The number of rotatable bonds is 4. The van der Waals surface area contributed by atoms with Gasteiger partial charge in [0, 0.05) is 23.8 Å². The molecule has 1 aromatic carbocycles. The van der Waals surface area contributed by atoms with Crippen LogP contribution in [0.15, 0.2) is 36.5 Å². The van der Waals surface area contributed by atoms with Crippen LogP contribution in [0.3, 0.4) is 0 Å². The van der Waals surface area contributed by atoms with Gasteiger partial charge in [0.05, 0.1) is 11.3 Å². The van der Waals surface area contributed by atoms with E-state index in [0.717, 1.165) is 16.6 Å². The number of anilines is 1.